The third-order valence-corrected chi connectivity index (χ3v) is 3.66. The van der Waals surface area contributed by atoms with E-state index in [1.54, 1.807) is 13.2 Å². The van der Waals surface area contributed by atoms with Gasteiger partial charge in [-0.25, -0.2) is 4.39 Å². The van der Waals surface area contributed by atoms with Crippen LogP contribution in [0.5, 0.6) is 5.75 Å². The van der Waals surface area contributed by atoms with Crippen LogP contribution in [0.15, 0.2) is 42.5 Å². The van der Waals surface area contributed by atoms with Gasteiger partial charge in [0.1, 0.15) is 11.6 Å². The van der Waals surface area contributed by atoms with Crippen molar-refractivity contribution in [3.63, 3.8) is 0 Å². The highest BCUT2D eigenvalue weighted by atomic mass is 35.5. The average Bonchev–Trinajstić information content (AvgIpc) is 2.48. The van der Waals surface area contributed by atoms with Crippen molar-refractivity contribution in [2.45, 2.75) is 12.5 Å². The summed E-state index contributed by atoms with van der Waals surface area (Å²) in [7, 11) is 3.50. The Labute approximate surface area is 123 Å². The molecule has 0 heterocycles. The summed E-state index contributed by atoms with van der Waals surface area (Å²) in [5.74, 6) is 0.527. The van der Waals surface area contributed by atoms with E-state index in [9.17, 15) is 4.39 Å². The lowest BCUT2D eigenvalue weighted by atomic mass is 9.98. The van der Waals surface area contributed by atoms with Crippen LogP contribution in [-0.4, -0.2) is 14.2 Å². The first kappa shape index (κ1) is 14.8. The smallest absolute Gasteiger partial charge is 0.123 e. The molecule has 2 rings (SSSR count). The Morgan fingerprint density at radius 2 is 2.00 bits per heavy atom. The van der Waals surface area contributed by atoms with Crippen molar-refractivity contribution in [3.05, 3.63) is 64.4 Å². The minimum atomic E-state index is -0.278. The number of hydrogen-bond donors (Lipinski definition) is 1. The largest absolute Gasteiger partial charge is 0.496 e. The van der Waals surface area contributed by atoms with Crippen LogP contribution in [0.2, 0.25) is 5.02 Å². The molecule has 2 aromatic carbocycles. The van der Waals surface area contributed by atoms with Gasteiger partial charge in [-0.2, -0.15) is 0 Å². The molecule has 0 spiro atoms. The van der Waals surface area contributed by atoms with Gasteiger partial charge in [0.25, 0.3) is 0 Å². The first-order valence-corrected chi connectivity index (χ1v) is 6.77. The predicted molar refractivity (Wildman–Crippen MR) is 79.9 cm³/mol. The number of rotatable bonds is 5. The van der Waals surface area contributed by atoms with Crippen LogP contribution in [0.25, 0.3) is 0 Å². The minimum absolute atomic E-state index is 0.00505. The van der Waals surface area contributed by atoms with Gasteiger partial charge in [0.05, 0.1) is 7.11 Å². The molecule has 1 N–H and O–H groups in total. The quantitative estimate of drug-likeness (QED) is 0.900. The van der Waals surface area contributed by atoms with Crippen molar-refractivity contribution in [2.24, 2.45) is 0 Å². The molecule has 1 unspecified atom stereocenters. The molecule has 20 heavy (non-hydrogen) atoms. The number of halogens is 2. The fraction of sp³-hybridized carbons (Fsp3) is 0.250. The first-order chi connectivity index (χ1) is 9.65. The first-order valence-electron chi connectivity index (χ1n) is 6.39. The van der Waals surface area contributed by atoms with Crippen LogP contribution in [0.3, 0.4) is 0 Å². The summed E-state index contributed by atoms with van der Waals surface area (Å²) in [6.07, 6.45) is 0.591. The van der Waals surface area contributed by atoms with Crippen LogP contribution in [-0.2, 0) is 6.42 Å². The minimum Gasteiger partial charge on any atom is -0.496 e. The average molecular weight is 294 g/mol. The Balaban J connectivity index is 2.31. The second kappa shape index (κ2) is 6.73. The number of hydrogen-bond acceptors (Lipinski definition) is 2. The maximum atomic E-state index is 13.3. The molecule has 2 aromatic rings. The van der Waals surface area contributed by atoms with Crippen molar-refractivity contribution < 1.29 is 9.13 Å². The number of ether oxygens (including phenoxy) is 1. The third kappa shape index (κ3) is 3.30. The lowest BCUT2D eigenvalue weighted by molar-refractivity contribution is 0.401. The van der Waals surface area contributed by atoms with Crippen LogP contribution in [0.4, 0.5) is 4.39 Å². The molecule has 0 aliphatic rings. The van der Waals surface area contributed by atoms with Crippen molar-refractivity contribution >= 4 is 11.6 Å². The highest BCUT2D eigenvalue weighted by Gasteiger charge is 2.16. The summed E-state index contributed by atoms with van der Waals surface area (Å²) in [4.78, 5) is 0. The molecule has 0 fully saturated rings. The van der Waals surface area contributed by atoms with E-state index in [2.05, 4.69) is 5.32 Å². The number of nitrogens with one attached hydrogen (secondary N) is 1. The zero-order valence-corrected chi connectivity index (χ0v) is 12.2. The molecular formula is C16H17ClFNO. The molecule has 2 nitrogen and oxygen atoms in total. The van der Waals surface area contributed by atoms with E-state index in [0.717, 1.165) is 16.9 Å². The molecule has 0 saturated heterocycles. The van der Waals surface area contributed by atoms with E-state index in [-0.39, 0.29) is 11.9 Å². The Bertz CT molecular complexity index is 588. The van der Waals surface area contributed by atoms with E-state index in [4.69, 9.17) is 16.3 Å². The van der Waals surface area contributed by atoms with Crippen molar-refractivity contribution in [3.8, 4) is 5.75 Å². The number of methoxy groups -OCH3 is 1. The molecule has 0 saturated carbocycles. The van der Waals surface area contributed by atoms with Gasteiger partial charge in [-0.1, -0.05) is 29.8 Å². The number of likely N-dealkylation sites (N-methyl/N-ethyl adjacent to an activating group) is 1. The second-order valence-electron chi connectivity index (χ2n) is 4.52. The summed E-state index contributed by atoms with van der Waals surface area (Å²) < 4.78 is 18.7. The van der Waals surface area contributed by atoms with E-state index >= 15 is 0 Å². The maximum Gasteiger partial charge on any atom is 0.123 e. The van der Waals surface area contributed by atoms with Gasteiger partial charge in [-0.15, -0.1) is 0 Å². The summed E-state index contributed by atoms with van der Waals surface area (Å²) >= 11 is 6.13. The van der Waals surface area contributed by atoms with Gasteiger partial charge in [-0.05, 0) is 43.3 Å². The third-order valence-electron chi connectivity index (χ3n) is 3.29. The molecule has 0 aliphatic carbocycles. The zero-order valence-electron chi connectivity index (χ0n) is 11.5. The van der Waals surface area contributed by atoms with Crippen molar-refractivity contribution in [1.29, 1.82) is 0 Å². The summed E-state index contributed by atoms with van der Waals surface area (Å²) in [6, 6.07) is 12.2. The number of para-hydroxylation sites is 1. The van der Waals surface area contributed by atoms with Gasteiger partial charge in [-0.3, -0.25) is 0 Å². The van der Waals surface area contributed by atoms with Crippen LogP contribution in [0, 0.1) is 5.82 Å². The maximum absolute atomic E-state index is 13.3. The molecule has 0 amide bonds. The summed E-state index contributed by atoms with van der Waals surface area (Å²) in [5.41, 5.74) is 1.80. The summed E-state index contributed by atoms with van der Waals surface area (Å²) in [5, 5.41) is 3.80. The molecule has 0 bridgehead atoms. The SMILES string of the molecule is CNC(Cc1cc(F)ccc1Cl)c1ccccc1OC. The lowest BCUT2D eigenvalue weighted by Crippen LogP contribution is -2.19. The topological polar surface area (TPSA) is 21.3 Å². The lowest BCUT2D eigenvalue weighted by Gasteiger charge is -2.20. The van der Waals surface area contributed by atoms with Gasteiger partial charge in [0.2, 0.25) is 0 Å². The fourth-order valence-corrected chi connectivity index (χ4v) is 2.44. The highest BCUT2D eigenvalue weighted by Crippen LogP contribution is 2.29. The van der Waals surface area contributed by atoms with Crippen LogP contribution in [0.1, 0.15) is 17.2 Å². The normalized spacial score (nSPS) is 12.2. The van der Waals surface area contributed by atoms with Gasteiger partial charge >= 0.3 is 0 Å². The molecule has 106 valence electrons. The monoisotopic (exact) mass is 293 g/mol. The highest BCUT2D eigenvalue weighted by molar-refractivity contribution is 6.31. The molecule has 0 aromatic heterocycles. The van der Waals surface area contributed by atoms with Crippen LogP contribution >= 0.6 is 11.6 Å². The zero-order chi connectivity index (χ0) is 14.5. The summed E-state index contributed by atoms with van der Waals surface area (Å²) in [6.45, 7) is 0. The van der Waals surface area contributed by atoms with Gasteiger partial charge in [0, 0.05) is 16.6 Å². The molecule has 0 aliphatic heterocycles. The molecular weight excluding hydrogens is 277 g/mol. The Kier molecular flexibility index (Phi) is 4.99. The van der Waals surface area contributed by atoms with Gasteiger partial charge < -0.3 is 10.1 Å². The Hall–Kier alpha value is -1.58. The fourth-order valence-electron chi connectivity index (χ4n) is 2.24. The van der Waals surface area contributed by atoms with Gasteiger partial charge in [0.15, 0.2) is 0 Å². The molecule has 0 radical (unpaired) electrons. The van der Waals surface area contributed by atoms with E-state index in [1.165, 1.54) is 12.1 Å². The van der Waals surface area contributed by atoms with E-state index in [1.807, 2.05) is 31.3 Å². The molecule has 4 heteroatoms. The van der Waals surface area contributed by atoms with Crippen molar-refractivity contribution in [1.82, 2.24) is 5.32 Å². The Morgan fingerprint density at radius 3 is 2.70 bits per heavy atom. The van der Waals surface area contributed by atoms with E-state index < -0.39 is 0 Å². The second-order valence-corrected chi connectivity index (χ2v) is 4.93. The van der Waals surface area contributed by atoms with Crippen LogP contribution < -0.4 is 10.1 Å². The van der Waals surface area contributed by atoms with E-state index in [0.29, 0.717) is 11.4 Å². The van der Waals surface area contributed by atoms with Crippen molar-refractivity contribution in [2.75, 3.05) is 14.2 Å². The predicted octanol–water partition coefficient (Wildman–Crippen LogP) is 3.99. The Morgan fingerprint density at radius 1 is 1.25 bits per heavy atom. The number of benzene rings is 2. The molecule has 1 atom stereocenters. The standard InChI is InChI=1S/C16H17ClFNO/c1-19-15(13-5-3-4-6-16(13)20-2)10-11-9-12(18)7-8-14(11)17/h3-9,15,19H,10H2,1-2H3.